The van der Waals surface area contributed by atoms with Crippen LogP contribution in [0.15, 0.2) is 77.0 Å². The number of benzene rings is 2. The summed E-state index contributed by atoms with van der Waals surface area (Å²) in [7, 11) is -4.09. The van der Waals surface area contributed by atoms with E-state index in [-0.39, 0.29) is 21.5 Å². The summed E-state index contributed by atoms with van der Waals surface area (Å²) in [5.41, 5.74) is 3.42. The van der Waals surface area contributed by atoms with Crippen LogP contribution in [0.2, 0.25) is 15.1 Å². The minimum absolute atomic E-state index is 0.0295. The van der Waals surface area contributed by atoms with Crippen LogP contribution in [0.25, 0.3) is 0 Å². The fraction of sp³-hybridized carbons (Fsp3) is 0.0952. The van der Waals surface area contributed by atoms with Crippen LogP contribution in [0.4, 0.5) is 0 Å². The van der Waals surface area contributed by atoms with Gasteiger partial charge in [-0.2, -0.15) is 9.41 Å². The SMILES string of the molecule is O=C(CN(Cc1c(Cl)cccc1Cl)S(=O)(=O)c1ccc(Cl)cc1)NN=Cc1ccncc1. The molecule has 32 heavy (non-hydrogen) atoms. The molecule has 0 saturated carbocycles. The van der Waals surface area contributed by atoms with E-state index in [1.165, 1.54) is 30.5 Å². The van der Waals surface area contributed by atoms with E-state index >= 15 is 0 Å². The lowest BCUT2D eigenvalue weighted by molar-refractivity contribution is -0.121. The van der Waals surface area contributed by atoms with Gasteiger partial charge in [-0.1, -0.05) is 40.9 Å². The summed E-state index contributed by atoms with van der Waals surface area (Å²) in [6.07, 6.45) is 4.58. The van der Waals surface area contributed by atoms with Gasteiger partial charge in [0.2, 0.25) is 10.0 Å². The molecule has 0 unspecified atom stereocenters. The zero-order chi connectivity index (χ0) is 23.1. The number of hydrogen-bond donors (Lipinski definition) is 1. The molecule has 1 N–H and O–H groups in total. The zero-order valence-electron chi connectivity index (χ0n) is 16.5. The van der Waals surface area contributed by atoms with Crippen LogP contribution in [-0.2, 0) is 21.4 Å². The standard InChI is InChI=1S/C21H17Cl3N4O3S/c22-16-4-6-17(7-5-16)32(30,31)28(13-18-19(23)2-1-3-20(18)24)14-21(29)27-26-12-15-8-10-25-11-9-15/h1-12H,13-14H2,(H,27,29). The molecule has 166 valence electrons. The lowest BCUT2D eigenvalue weighted by atomic mass is 10.2. The highest BCUT2D eigenvalue weighted by Crippen LogP contribution is 2.28. The van der Waals surface area contributed by atoms with E-state index < -0.39 is 22.5 Å². The van der Waals surface area contributed by atoms with E-state index in [4.69, 9.17) is 34.8 Å². The average Bonchev–Trinajstić information content (AvgIpc) is 2.76. The summed E-state index contributed by atoms with van der Waals surface area (Å²) >= 11 is 18.3. The number of hydrazone groups is 1. The molecule has 0 saturated heterocycles. The Morgan fingerprint density at radius 3 is 2.25 bits per heavy atom. The highest BCUT2D eigenvalue weighted by molar-refractivity contribution is 7.89. The van der Waals surface area contributed by atoms with Crippen LogP contribution in [0.3, 0.4) is 0 Å². The Morgan fingerprint density at radius 1 is 1.00 bits per heavy atom. The number of sulfonamides is 1. The number of amides is 1. The number of hydrogen-bond acceptors (Lipinski definition) is 5. The second-order valence-corrected chi connectivity index (χ2v) is 9.69. The summed E-state index contributed by atoms with van der Waals surface area (Å²) in [4.78, 5) is 16.4. The summed E-state index contributed by atoms with van der Waals surface area (Å²) < 4.78 is 27.5. The van der Waals surface area contributed by atoms with Gasteiger partial charge in [0, 0.05) is 39.6 Å². The molecule has 0 radical (unpaired) electrons. The Balaban J connectivity index is 1.85. The van der Waals surface area contributed by atoms with Gasteiger partial charge in [0.15, 0.2) is 0 Å². The molecule has 0 aliphatic heterocycles. The maximum absolute atomic E-state index is 13.3. The summed E-state index contributed by atoms with van der Waals surface area (Å²) in [6, 6.07) is 13.9. The fourth-order valence-electron chi connectivity index (χ4n) is 2.67. The molecule has 7 nitrogen and oxygen atoms in total. The van der Waals surface area contributed by atoms with Gasteiger partial charge in [-0.15, -0.1) is 0 Å². The summed E-state index contributed by atoms with van der Waals surface area (Å²) in [6.45, 7) is -0.731. The van der Waals surface area contributed by atoms with E-state index in [0.29, 0.717) is 16.1 Å². The third kappa shape index (κ3) is 6.27. The lowest BCUT2D eigenvalue weighted by Crippen LogP contribution is -2.39. The van der Waals surface area contributed by atoms with Crippen molar-refractivity contribution in [3.8, 4) is 0 Å². The first kappa shape index (κ1) is 24.2. The number of pyridine rings is 1. The van der Waals surface area contributed by atoms with Crippen LogP contribution in [-0.4, -0.2) is 36.4 Å². The van der Waals surface area contributed by atoms with Gasteiger partial charge in [0.05, 0.1) is 17.7 Å². The van der Waals surface area contributed by atoms with Gasteiger partial charge in [-0.05, 0) is 54.1 Å². The Hall–Kier alpha value is -2.49. The molecule has 0 aliphatic rings. The molecule has 3 aromatic rings. The van der Waals surface area contributed by atoms with Crippen LogP contribution < -0.4 is 5.43 Å². The minimum Gasteiger partial charge on any atom is -0.272 e. The number of carbonyl (C=O) groups is 1. The fourth-order valence-corrected chi connectivity index (χ4v) is 4.67. The number of rotatable bonds is 8. The minimum atomic E-state index is -4.09. The molecule has 3 rings (SSSR count). The van der Waals surface area contributed by atoms with Crippen molar-refractivity contribution in [2.75, 3.05) is 6.54 Å². The maximum Gasteiger partial charge on any atom is 0.255 e. The van der Waals surface area contributed by atoms with E-state index in [0.717, 1.165) is 4.31 Å². The van der Waals surface area contributed by atoms with Gasteiger partial charge in [-0.3, -0.25) is 9.78 Å². The van der Waals surface area contributed by atoms with Gasteiger partial charge < -0.3 is 0 Å². The second-order valence-electron chi connectivity index (χ2n) is 6.50. The first-order chi connectivity index (χ1) is 15.3. The topological polar surface area (TPSA) is 91.7 Å². The van der Waals surface area contributed by atoms with Crippen molar-refractivity contribution in [1.82, 2.24) is 14.7 Å². The first-order valence-corrected chi connectivity index (χ1v) is 11.8. The van der Waals surface area contributed by atoms with E-state index in [1.54, 1.807) is 42.7 Å². The number of carbonyl (C=O) groups excluding carboxylic acids is 1. The number of aromatic nitrogens is 1. The van der Waals surface area contributed by atoms with E-state index in [1.807, 2.05) is 0 Å². The maximum atomic E-state index is 13.3. The highest BCUT2D eigenvalue weighted by atomic mass is 35.5. The van der Waals surface area contributed by atoms with Crippen molar-refractivity contribution in [2.45, 2.75) is 11.4 Å². The van der Waals surface area contributed by atoms with Crippen molar-refractivity contribution in [3.05, 3.63) is 93.2 Å². The number of halogens is 3. The molecular formula is C21H17Cl3N4O3S. The van der Waals surface area contributed by atoms with Gasteiger partial charge >= 0.3 is 0 Å². The molecule has 1 heterocycles. The van der Waals surface area contributed by atoms with Crippen molar-refractivity contribution >= 4 is 56.9 Å². The number of nitrogens with one attached hydrogen (secondary N) is 1. The molecule has 0 bridgehead atoms. The van der Waals surface area contributed by atoms with Crippen molar-refractivity contribution < 1.29 is 13.2 Å². The summed E-state index contributed by atoms with van der Waals surface area (Å²) in [5, 5.41) is 4.81. The smallest absolute Gasteiger partial charge is 0.255 e. The van der Waals surface area contributed by atoms with Crippen molar-refractivity contribution in [1.29, 1.82) is 0 Å². The Morgan fingerprint density at radius 2 is 1.62 bits per heavy atom. The van der Waals surface area contributed by atoms with Crippen LogP contribution in [0, 0.1) is 0 Å². The highest BCUT2D eigenvalue weighted by Gasteiger charge is 2.28. The Kier molecular flexibility index (Phi) is 8.22. The first-order valence-electron chi connectivity index (χ1n) is 9.18. The average molecular weight is 512 g/mol. The normalized spacial score (nSPS) is 11.8. The molecule has 2 aromatic carbocycles. The molecular weight excluding hydrogens is 495 g/mol. The zero-order valence-corrected chi connectivity index (χ0v) is 19.5. The van der Waals surface area contributed by atoms with Gasteiger partial charge in [-0.25, -0.2) is 13.8 Å². The second kappa shape index (κ2) is 10.9. The number of nitrogens with zero attached hydrogens (tertiary/aromatic N) is 3. The Bertz CT molecular complexity index is 1200. The predicted molar refractivity (Wildman–Crippen MR) is 125 cm³/mol. The molecule has 1 aromatic heterocycles. The van der Waals surface area contributed by atoms with Gasteiger partial charge in [0.1, 0.15) is 0 Å². The predicted octanol–water partition coefficient (Wildman–Crippen LogP) is 4.38. The Labute approximate surface area is 200 Å². The van der Waals surface area contributed by atoms with Crippen molar-refractivity contribution in [2.24, 2.45) is 5.10 Å². The quantitative estimate of drug-likeness (QED) is 0.359. The summed E-state index contributed by atoms with van der Waals surface area (Å²) in [5.74, 6) is -0.643. The molecule has 0 fully saturated rings. The molecule has 0 aliphatic carbocycles. The third-order valence-corrected chi connectivity index (χ3v) is 7.04. The van der Waals surface area contributed by atoms with Crippen LogP contribution >= 0.6 is 34.8 Å². The van der Waals surface area contributed by atoms with E-state index in [2.05, 4.69) is 15.5 Å². The van der Waals surface area contributed by atoms with Crippen LogP contribution in [0.5, 0.6) is 0 Å². The lowest BCUT2D eigenvalue weighted by Gasteiger charge is -2.22. The van der Waals surface area contributed by atoms with Gasteiger partial charge in [0.25, 0.3) is 5.91 Å². The molecule has 1 amide bonds. The largest absolute Gasteiger partial charge is 0.272 e. The van der Waals surface area contributed by atoms with Crippen molar-refractivity contribution in [3.63, 3.8) is 0 Å². The molecule has 0 spiro atoms. The molecule has 0 atom stereocenters. The molecule has 11 heteroatoms. The van der Waals surface area contributed by atoms with E-state index in [9.17, 15) is 13.2 Å². The monoisotopic (exact) mass is 510 g/mol. The van der Waals surface area contributed by atoms with Crippen LogP contribution in [0.1, 0.15) is 11.1 Å². The third-order valence-electron chi connectivity index (χ3n) is 4.28.